The molecule has 17 heavy (non-hydrogen) atoms. The molecule has 0 aliphatic carbocycles. The Morgan fingerprint density at radius 2 is 2.06 bits per heavy atom. The van der Waals surface area contributed by atoms with E-state index in [1.54, 1.807) is 30.3 Å². The quantitative estimate of drug-likeness (QED) is 0.363. The molecular formula is C11H12IO4P. The average Bonchev–Trinajstić information content (AvgIpc) is 2.29. The summed E-state index contributed by atoms with van der Waals surface area (Å²) in [7, 11) is -4.01. The highest BCUT2D eigenvalue weighted by Crippen LogP contribution is 2.43. The van der Waals surface area contributed by atoms with Crippen molar-refractivity contribution in [3.05, 3.63) is 30.3 Å². The molecular weight excluding hydrogens is 354 g/mol. The van der Waals surface area contributed by atoms with E-state index in [1.807, 2.05) is 22.6 Å². The van der Waals surface area contributed by atoms with Gasteiger partial charge in [0.2, 0.25) is 0 Å². The topological polar surface area (TPSA) is 55.8 Å². The van der Waals surface area contributed by atoms with Crippen LogP contribution in [0.25, 0.3) is 0 Å². The summed E-state index contributed by atoms with van der Waals surface area (Å²) in [4.78, 5) is 9.40. The minimum Gasteiger partial charge on any atom is -0.404 e. The molecule has 0 amide bonds. The van der Waals surface area contributed by atoms with Crippen LogP contribution in [0.3, 0.4) is 0 Å². The summed E-state index contributed by atoms with van der Waals surface area (Å²) in [6.07, 6.45) is 1.23. The molecule has 0 radical (unpaired) electrons. The van der Waals surface area contributed by atoms with Crippen LogP contribution in [0.2, 0.25) is 0 Å². The maximum Gasteiger partial charge on any atom is 0.527 e. The van der Waals surface area contributed by atoms with Crippen LogP contribution in [-0.4, -0.2) is 11.5 Å². The molecule has 1 aromatic rings. The Morgan fingerprint density at radius 1 is 1.35 bits per heavy atom. The molecule has 92 valence electrons. The van der Waals surface area contributed by atoms with Crippen LogP contribution in [0.4, 0.5) is 0 Å². The predicted molar refractivity (Wildman–Crippen MR) is 73.9 cm³/mol. The Morgan fingerprint density at radius 3 is 2.71 bits per heavy atom. The van der Waals surface area contributed by atoms with Crippen LogP contribution < -0.4 is 4.52 Å². The van der Waals surface area contributed by atoms with Crippen LogP contribution in [0.15, 0.2) is 30.3 Å². The Bertz CT molecular complexity index is 438. The minimum absolute atomic E-state index is 0.145. The van der Waals surface area contributed by atoms with Gasteiger partial charge in [-0.25, -0.2) is 4.57 Å². The number of benzene rings is 1. The van der Waals surface area contributed by atoms with Crippen molar-refractivity contribution in [1.29, 1.82) is 0 Å². The van der Waals surface area contributed by atoms with E-state index in [0.29, 0.717) is 18.6 Å². The van der Waals surface area contributed by atoms with Crippen LogP contribution in [0.1, 0.15) is 12.8 Å². The molecule has 0 spiro atoms. The van der Waals surface area contributed by atoms with E-state index in [9.17, 15) is 9.46 Å². The monoisotopic (exact) mass is 366 g/mol. The van der Waals surface area contributed by atoms with Crippen molar-refractivity contribution < 1.29 is 18.5 Å². The first-order chi connectivity index (χ1) is 8.14. The molecule has 0 saturated heterocycles. The van der Waals surface area contributed by atoms with Crippen molar-refractivity contribution in [2.24, 2.45) is 0 Å². The average molecular weight is 366 g/mol. The van der Waals surface area contributed by atoms with Crippen molar-refractivity contribution in [1.82, 2.24) is 0 Å². The normalized spacial score (nSPS) is 13.3. The summed E-state index contributed by atoms with van der Waals surface area (Å²) >= 11 is 1.94. The number of hydrogen-bond acceptors (Lipinski definition) is 3. The van der Waals surface area contributed by atoms with Crippen LogP contribution >= 0.6 is 30.4 Å². The third-order valence-corrected chi connectivity index (χ3v) is 3.06. The fraction of sp³-hybridized carbons (Fsp3) is 0.273. The lowest BCUT2D eigenvalue weighted by Crippen LogP contribution is -1.98. The molecule has 1 aromatic carbocycles. The summed E-state index contributed by atoms with van der Waals surface area (Å²) in [6, 6.07) is 8.40. The Hall–Kier alpha value is -0.540. The summed E-state index contributed by atoms with van der Waals surface area (Å²) in [5.74, 6) is 3.14. The van der Waals surface area contributed by atoms with Gasteiger partial charge >= 0.3 is 7.82 Å². The highest BCUT2D eigenvalue weighted by Gasteiger charge is 2.22. The number of hydrogen-bond donors (Lipinski definition) is 1. The first-order valence-corrected chi connectivity index (χ1v) is 7.52. The van der Waals surface area contributed by atoms with Gasteiger partial charge in [0.05, 0.1) is 6.61 Å². The van der Waals surface area contributed by atoms with E-state index in [0.717, 1.165) is 0 Å². The van der Waals surface area contributed by atoms with Gasteiger partial charge in [0.15, 0.2) is 0 Å². The van der Waals surface area contributed by atoms with Gasteiger partial charge in [-0.05, 0) is 22.5 Å². The van der Waals surface area contributed by atoms with E-state index in [2.05, 4.69) is 9.85 Å². The van der Waals surface area contributed by atoms with Gasteiger partial charge in [0.25, 0.3) is 0 Å². The summed E-state index contributed by atoms with van der Waals surface area (Å²) < 4.78 is 23.9. The molecule has 4 nitrogen and oxygen atoms in total. The molecule has 0 saturated carbocycles. The van der Waals surface area contributed by atoms with E-state index in [-0.39, 0.29) is 6.61 Å². The van der Waals surface area contributed by atoms with Crippen molar-refractivity contribution in [2.75, 3.05) is 6.61 Å². The molecule has 1 unspecified atom stereocenters. The fourth-order valence-corrected chi connectivity index (χ4v) is 2.10. The molecule has 1 atom stereocenters. The van der Waals surface area contributed by atoms with Gasteiger partial charge in [0, 0.05) is 29.0 Å². The molecule has 1 N–H and O–H groups in total. The molecule has 0 heterocycles. The van der Waals surface area contributed by atoms with Crippen molar-refractivity contribution >= 4 is 30.4 Å². The largest absolute Gasteiger partial charge is 0.527 e. The Labute approximate surface area is 114 Å². The summed E-state index contributed by atoms with van der Waals surface area (Å²) in [5.41, 5.74) is 0. The van der Waals surface area contributed by atoms with E-state index >= 15 is 0 Å². The molecule has 1 rings (SSSR count). The third kappa shape index (κ3) is 6.69. The standard InChI is InChI=1S/C11H12IO4P/c12-9-5-2-6-10-15-17(13,14)16-11-7-3-1-4-8-11/h1,3-4,7-8H,2,6,10H2,(H,13,14). The zero-order valence-corrected chi connectivity index (χ0v) is 12.1. The van der Waals surface area contributed by atoms with E-state index < -0.39 is 7.82 Å². The second-order valence-electron chi connectivity index (χ2n) is 3.08. The van der Waals surface area contributed by atoms with Crippen molar-refractivity contribution in [3.8, 4) is 15.6 Å². The van der Waals surface area contributed by atoms with E-state index in [4.69, 9.17) is 9.05 Å². The van der Waals surface area contributed by atoms with Gasteiger partial charge in [-0.3, -0.25) is 9.42 Å². The van der Waals surface area contributed by atoms with E-state index in [1.165, 1.54) is 0 Å². The number of rotatable bonds is 6. The number of unbranched alkanes of at least 4 members (excludes halogenated alkanes) is 1. The van der Waals surface area contributed by atoms with Crippen LogP contribution in [0.5, 0.6) is 5.75 Å². The van der Waals surface area contributed by atoms with Gasteiger partial charge in [-0.1, -0.05) is 24.1 Å². The highest BCUT2D eigenvalue weighted by atomic mass is 127. The maximum atomic E-state index is 11.5. The first-order valence-electron chi connectivity index (χ1n) is 4.94. The number of phosphoric acid groups is 1. The molecule has 0 bridgehead atoms. The lowest BCUT2D eigenvalue weighted by Gasteiger charge is -2.12. The minimum atomic E-state index is -4.01. The third-order valence-electron chi connectivity index (χ3n) is 1.73. The molecule has 0 aliphatic rings. The lowest BCUT2D eigenvalue weighted by atomic mass is 10.3. The van der Waals surface area contributed by atoms with Gasteiger partial charge in [-0.15, -0.1) is 0 Å². The smallest absolute Gasteiger partial charge is 0.404 e. The van der Waals surface area contributed by atoms with Crippen molar-refractivity contribution in [3.63, 3.8) is 0 Å². The number of para-hydroxylation sites is 1. The Balaban J connectivity index is 2.35. The van der Waals surface area contributed by atoms with Gasteiger partial charge in [-0.2, -0.15) is 0 Å². The summed E-state index contributed by atoms with van der Waals surface area (Å²) in [6.45, 7) is 0.145. The molecule has 6 heteroatoms. The zero-order valence-electron chi connectivity index (χ0n) is 9.01. The number of halogens is 1. The molecule has 0 aromatic heterocycles. The van der Waals surface area contributed by atoms with Crippen LogP contribution in [0, 0.1) is 9.85 Å². The Kier molecular flexibility index (Phi) is 6.60. The summed E-state index contributed by atoms with van der Waals surface area (Å²) in [5, 5.41) is 0. The molecule has 0 fully saturated rings. The van der Waals surface area contributed by atoms with Crippen molar-refractivity contribution in [2.45, 2.75) is 12.8 Å². The van der Waals surface area contributed by atoms with Crippen LogP contribution in [-0.2, 0) is 9.09 Å². The second-order valence-corrected chi connectivity index (χ2v) is 5.00. The molecule has 0 aliphatic heterocycles. The zero-order chi connectivity index (χ0) is 12.6. The fourth-order valence-electron chi connectivity index (χ4n) is 1.03. The number of phosphoric ester groups is 1. The maximum absolute atomic E-state index is 11.5. The second kappa shape index (κ2) is 7.72. The van der Waals surface area contributed by atoms with Gasteiger partial charge < -0.3 is 4.52 Å². The lowest BCUT2D eigenvalue weighted by molar-refractivity contribution is 0.202. The first kappa shape index (κ1) is 14.5. The predicted octanol–water partition coefficient (Wildman–Crippen LogP) is 3.36. The highest BCUT2D eigenvalue weighted by molar-refractivity contribution is 14.1. The SMILES string of the molecule is O=P(O)(OCCCC#CI)Oc1ccccc1. The van der Waals surface area contributed by atoms with Gasteiger partial charge in [0.1, 0.15) is 5.75 Å².